The highest BCUT2D eigenvalue weighted by Crippen LogP contribution is 2.84. The van der Waals surface area contributed by atoms with E-state index in [9.17, 15) is 9.90 Å². The predicted octanol–water partition coefficient (Wildman–Crippen LogP) is 1.47. The molecule has 0 aromatic heterocycles. The van der Waals surface area contributed by atoms with Gasteiger partial charge in [0.25, 0.3) is 0 Å². The third-order valence-corrected chi connectivity index (χ3v) is 6.61. The molecule has 0 spiro atoms. The summed E-state index contributed by atoms with van der Waals surface area (Å²) in [5.74, 6) is 6.22. The molecule has 6 fully saturated rings. The Morgan fingerprint density at radius 2 is 1.36 bits per heavy atom. The van der Waals surface area contributed by atoms with Gasteiger partial charge in [0.15, 0.2) is 0 Å². The second-order valence-electron chi connectivity index (χ2n) is 6.30. The number of aliphatic carboxylic acids is 1. The second kappa shape index (κ2) is 1.66. The van der Waals surface area contributed by atoms with Gasteiger partial charge < -0.3 is 5.11 Å². The molecule has 14 heavy (non-hydrogen) atoms. The number of carboxylic acids is 1. The van der Waals surface area contributed by atoms with Crippen molar-refractivity contribution in [2.45, 2.75) is 12.8 Å². The largest absolute Gasteiger partial charge is 0.481 e. The molecule has 6 aliphatic carbocycles. The zero-order valence-corrected chi connectivity index (χ0v) is 7.97. The fourth-order valence-electron chi connectivity index (χ4n) is 6.95. The van der Waals surface area contributed by atoms with E-state index in [0.717, 1.165) is 35.5 Å². The Hall–Kier alpha value is -0.530. The van der Waals surface area contributed by atoms with Gasteiger partial charge in [-0.2, -0.15) is 0 Å². The lowest BCUT2D eigenvalue weighted by Gasteiger charge is -2.33. The smallest absolute Gasteiger partial charge is 0.307 e. The molecule has 2 heteroatoms. The van der Waals surface area contributed by atoms with Crippen LogP contribution in [0.4, 0.5) is 0 Å². The van der Waals surface area contributed by atoms with Crippen molar-refractivity contribution in [2.75, 3.05) is 0 Å². The van der Waals surface area contributed by atoms with Gasteiger partial charge in [0.2, 0.25) is 0 Å². The van der Waals surface area contributed by atoms with Crippen molar-refractivity contribution in [3.05, 3.63) is 0 Å². The van der Waals surface area contributed by atoms with Crippen molar-refractivity contribution in [2.24, 2.45) is 53.3 Å². The Labute approximate surface area is 82.7 Å². The van der Waals surface area contributed by atoms with Crippen molar-refractivity contribution in [3.8, 4) is 0 Å². The minimum atomic E-state index is -0.469. The molecule has 6 rings (SSSR count). The van der Waals surface area contributed by atoms with E-state index >= 15 is 0 Å². The highest BCUT2D eigenvalue weighted by Gasteiger charge is 2.81. The van der Waals surface area contributed by atoms with Crippen LogP contribution in [0, 0.1) is 53.3 Å². The number of rotatable bonds is 1. The van der Waals surface area contributed by atoms with Crippen molar-refractivity contribution in [3.63, 3.8) is 0 Å². The molecule has 1 unspecified atom stereocenters. The lowest BCUT2D eigenvalue weighted by molar-refractivity contribution is -0.143. The van der Waals surface area contributed by atoms with Crippen LogP contribution in [0.3, 0.4) is 0 Å². The maximum atomic E-state index is 11.3. The topological polar surface area (TPSA) is 37.3 Å². The third-order valence-electron chi connectivity index (χ3n) is 6.61. The Morgan fingerprint density at radius 1 is 0.857 bits per heavy atom. The Kier molecular flexibility index (Phi) is 0.812. The number of carboxylic acid groups (broad SMARTS) is 1. The van der Waals surface area contributed by atoms with E-state index in [-0.39, 0.29) is 5.92 Å². The van der Waals surface area contributed by atoms with E-state index in [0.29, 0.717) is 11.8 Å². The SMILES string of the molecule is O=C(O)C1[C@@H]2[C@@H]3C[C@H]4[C@H]5C[C@H]([C@H]1[C@H]53)[C@@H]42. The summed E-state index contributed by atoms with van der Waals surface area (Å²) in [5, 5.41) is 9.33. The van der Waals surface area contributed by atoms with Gasteiger partial charge in [0, 0.05) is 0 Å². The van der Waals surface area contributed by atoms with Crippen molar-refractivity contribution >= 4 is 5.97 Å². The highest BCUT2D eigenvalue weighted by atomic mass is 16.4. The molecular formula is C12H14O2. The standard InChI is InChI=1S/C12H14O2/c13-12(14)11-9-5-1-3-4-2-6(7(3)9)10(11)8(4)5/h3-11H,1-2H2,(H,13,14)/t3-,4+,5+,6-,7-,8-,9+,10-,11?/m1/s1. The Balaban J connectivity index is 1.77. The van der Waals surface area contributed by atoms with Crippen LogP contribution in [0.5, 0.6) is 0 Å². The lowest BCUT2D eigenvalue weighted by Crippen LogP contribution is -2.30. The van der Waals surface area contributed by atoms with Gasteiger partial charge in [-0.25, -0.2) is 0 Å². The lowest BCUT2D eigenvalue weighted by atomic mass is 9.71. The van der Waals surface area contributed by atoms with Crippen LogP contribution in [0.2, 0.25) is 0 Å². The van der Waals surface area contributed by atoms with E-state index in [1.165, 1.54) is 12.8 Å². The van der Waals surface area contributed by atoms with Gasteiger partial charge in [0.1, 0.15) is 0 Å². The minimum Gasteiger partial charge on any atom is -0.481 e. The molecule has 0 amide bonds. The predicted molar refractivity (Wildman–Crippen MR) is 48.3 cm³/mol. The molecule has 6 bridgehead atoms. The van der Waals surface area contributed by atoms with Gasteiger partial charge in [-0.3, -0.25) is 4.79 Å². The maximum absolute atomic E-state index is 11.3. The zero-order valence-electron chi connectivity index (χ0n) is 7.97. The van der Waals surface area contributed by atoms with Gasteiger partial charge in [-0.1, -0.05) is 0 Å². The maximum Gasteiger partial charge on any atom is 0.307 e. The molecular weight excluding hydrogens is 176 g/mol. The number of hydrogen-bond acceptors (Lipinski definition) is 1. The fraction of sp³-hybridized carbons (Fsp3) is 0.917. The molecule has 6 aliphatic rings. The summed E-state index contributed by atoms with van der Waals surface area (Å²) < 4.78 is 0. The monoisotopic (exact) mass is 190 g/mol. The van der Waals surface area contributed by atoms with E-state index in [4.69, 9.17) is 0 Å². The van der Waals surface area contributed by atoms with Gasteiger partial charge in [0.05, 0.1) is 5.92 Å². The summed E-state index contributed by atoms with van der Waals surface area (Å²) in [6, 6.07) is 0. The molecule has 2 nitrogen and oxygen atoms in total. The second-order valence-corrected chi connectivity index (χ2v) is 6.30. The first kappa shape index (κ1) is 6.86. The molecule has 0 radical (unpaired) electrons. The van der Waals surface area contributed by atoms with Crippen LogP contribution in [0.25, 0.3) is 0 Å². The van der Waals surface area contributed by atoms with E-state index in [2.05, 4.69) is 0 Å². The van der Waals surface area contributed by atoms with Crippen LogP contribution < -0.4 is 0 Å². The number of carbonyl (C=O) groups is 1. The first-order valence-corrected chi connectivity index (χ1v) is 6.02. The summed E-state index contributed by atoms with van der Waals surface area (Å²) in [6.07, 6.45) is 2.81. The molecule has 9 atom stereocenters. The van der Waals surface area contributed by atoms with Crippen LogP contribution >= 0.6 is 0 Å². The Bertz CT molecular complexity index is 335. The molecule has 0 aromatic carbocycles. The molecule has 1 N–H and O–H groups in total. The quantitative estimate of drug-likeness (QED) is 0.679. The molecule has 74 valence electrons. The molecule has 0 heterocycles. The normalized spacial score (nSPS) is 74.4. The Morgan fingerprint density at radius 3 is 1.79 bits per heavy atom. The van der Waals surface area contributed by atoms with E-state index in [1.807, 2.05) is 0 Å². The summed E-state index contributed by atoms with van der Waals surface area (Å²) >= 11 is 0. The zero-order chi connectivity index (χ0) is 9.19. The summed E-state index contributed by atoms with van der Waals surface area (Å²) in [6.45, 7) is 0. The summed E-state index contributed by atoms with van der Waals surface area (Å²) in [7, 11) is 0. The average molecular weight is 190 g/mol. The van der Waals surface area contributed by atoms with Gasteiger partial charge >= 0.3 is 5.97 Å². The highest BCUT2D eigenvalue weighted by molar-refractivity contribution is 5.73. The number of hydrogen-bond donors (Lipinski definition) is 1. The van der Waals surface area contributed by atoms with Gasteiger partial charge in [-0.05, 0) is 60.2 Å². The first-order chi connectivity index (χ1) is 6.79. The minimum absolute atomic E-state index is 0.0810. The average Bonchev–Trinajstić information content (AvgIpc) is 2.76. The molecule has 0 saturated heterocycles. The molecule has 6 saturated carbocycles. The van der Waals surface area contributed by atoms with Crippen molar-refractivity contribution in [1.29, 1.82) is 0 Å². The van der Waals surface area contributed by atoms with Crippen LogP contribution in [-0.4, -0.2) is 11.1 Å². The van der Waals surface area contributed by atoms with Gasteiger partial charge in [-0.15, -0.1) is 0 Å². The van der Waals surface area contributed by atoms with Crippen molar-refractivity contribution in [1.82, 2.24) is 0 Å². The molecule has 0 aromatic rings. The van der Waals surface area contributed by atoms with Crippen molar-refractivity contribution < 1.29 is 9.90 Å². The summed E-state index contributed by atoms with van der Waals surface area (Å²) in [5.41, 5.74) is 0. The fourth-order valence-corrected chi connectivity index (χ4v) is 6.95. The first-order valence-electron chi connectivity index (χ1n) is 6.02. The van der Waals surface area contributed by atoms with E-state index in [1.54, 1.807) is 0 Å². The van der Waals surface area contributed by atoms with E-state index < -0.39 is 5.97 Å². The third kappa shape index (κ3) is 0.409. The summed E-state index contributed by atoms with van der Waals surface area (Å²) in [4.78, 5) is 11.3. The van der Waals surface area contributed by atoms with Crippen LogP contribution in [-0.2, 0) is 4.79 Å². The van der Waals surface area contributed by atoms with Crippen LogP contribution in [0.1, 0.15) is 12.8 Å². The van der Waals surface area contributed by atoms with Crippen LogP contribution in [0.15, 0.2) is 0 Å². The molecule has 0 aliphatic heterocycles.